The summed E-state index contributed by atoms with van der Waals surface area (Å²) in [6, 6.07) is 0. The van der Waals surface area contributed by atoms with Gasteiger partial charge < -0.3 is 0 Å². The minimum Gasteiger partial charge on any atom is -0.0908 e. The average Bonchev–Trinajstić information content (AvgIpc) is 1.46. The summed E-state index contributed by atoms with van der Waals surface area (Å²) in [4.78, 5) is 14.0. The molecule has 0 saturated heterocycles. The molecule has 0 amide bonds. The van der Waals surface area contributed by atoms with Crippen LogP contribution < -0.4 is 0 Å². The quantitative estimate of drug-likeness (QED) is 0.439. The standard InChI is InChI=1S/CH4P2.O2/c1-3-2;1-2/h1-2H2;. The van der Waals surface area contributed by atoms with Crippen molar-refractivity contribution in [1.29, 1.82) is 0 Å². The van der Waals surface area contributed by atoms with Crippen LogP contribution in [0.2, 0.25) is 0 Å². The first-order valence-electron chi connectivity index (χ1n) is 0.741. The third kappa shape index (κ3) is 508. The van der Waals surface area contributed by atoms with Crippen LogP contribution >= 0.6 is 16.8 Å². The van der Waals surface area contributed by atoms with Crippen LogP contribution in [-0.2, 0) is 0 Å². The van der Waals surface area contributed by atoms with Crippen molar-refractivity contribution in [3.8, 4) is 0 Å². The highest BCUT2D eigenvalue weighted by atomic mass is 32.0. The maximum atomic E-state index is 7.00. The first-order chi connectivity index (χ1) is 2.41. The van der Waals surface area contributed by atoms with Gasteiger partial charge in [0.2, 0.25) is 0 Å². The Bertz CT molecular complexity index is 21.6. The van der Waals surface area contributed by atoms with Crippen LogP contribution in [0.1, 0.15) is 0 Å². The van der Waals surface area contributed by atoms with Gasteiger partial charge in [-0.15, -0.1) is 0 Å². The first-order valence-corrected chi connectivity index (χ1v) is 3.44. The van der Waals surface area contributed by atoms with Crippen molar-refractivity contribution >= 4 is 23.1 Å². The summed E-state index contributed by atoms with van der Waals surface area (Å²) < 4.78 is 0. The van der Waals surface area contributed by atoms with Crippen LogP contribution in [0.4, 0.5) is 0 Å². The second-order valence-electron chi connectivity index (χ2n) is 0.183. The lowest BCUT2D eigenvalue weighted by molar-refractivity contribution is 2.66. The highest BCUT2D eigenvalue weighted by molar-refractivity contribution is 8.01. The molecule has 0 aliphatic carbocycles. The van der Waals surface area contributed by atoms with Gasteiger partial charge >= 0.3 is 0 Å². The van der Waals surface area contributed by atoms with Crippen molar-refractivity contribution in [1.82, 2.24) is 0 Å². The van der Waals surface area contributed by atoms with E-state index in [1.165, 1.54) is 0 Å². The molecule has 0 aromatic heterocycles. The molecule has 0 fully saturated rings. The summed E-state index contributed by atoms with van der Waals surface area (Å²) in [5.74, 6) is 0. The summed E-state index contributed by atoms with van der Waals surface area (Å²) in [5.41, 5.74) is 0. The molecule has 0 aliphatic heterocycles. The molecule has 30 valence electrons. The molecule has 0 aromatic rings. The fraction of sp³-hybridized carbons (Fsp3) is 0. The van der Waals surface area contributed by atoms with Gasteiger partial charge in [0.1, 0.15) is 0 Å². The number of hydrogen-bond donors (Lipinski definition) is 0. The van der Waals surface area contributed by atoms with E-state index in [0.717, 1.165) is 7.89 Å². The summed E-state index contributed by atoms with van der Waals surface area (Å²) in [7, 11) is 3.52. The fourth-order valence-corrected chi connectivity index (χ4v) is 0. The summed E-state index contributed by atoms with van der Waals surface area (Å²) in [6.45, 7) is 0. The minimum absolute atomic E-state index is 1.08. The molecular formula is CH4O2P2. The molecule has 0 saturated carbocycles. The normalized spacial score (nSPS) is 5.00. The lowest BCUT2D eigenvalue weighted by Crippen LogP contribution is -0.769. The van der Waals surface area contributed by atoms with Gasteiger partial charge in [-0.1, -0.05) is 23.1 Å². The Hall–Kier alpha value is 0.200. The van der Waals surface area contributed by atoms with Crippen LogP contribution in [0.25, 0.3) is 0 Å². The van der Waals surface area contributed by atoms with E-state index >= 15 is 0 Å². The fourth-order valence-electron chi connectivity index (χ4n) is 0. The molecule has 0 heterocycles. The number of hydrogen-bond acceptors (Lipinski definition) is 2. The van der Waals surface area contributed by atoms with E-state index in [0.29, 0.717) is 0 Å². The maximum absolute atomic E-state index is 7.00. The van der Waals surface area contributed by atoms with Gasteiger partial charge in [0.15, 0.2) is 0 Å². The second kappa shape index (κ2) is 29.9. The molecule has 0 bridgehead atoms. The van der Waals surface area contributed by atoms with Crippen molar-refractivity contribution in [3.63, 3.8) is 0 Å². The van der Waals surface area contributed by atoms with Crippen LogP contribution in [0.15, 0.2) is 0 Å². The third-order valence-corrected chi connectivity index (χ3v) is 0. The van der Waals surface area contributed by atoms with Gasteiger partial charge in [0, 0.05) is 9.93 Å². The van der Waals surface area contributed by atoms with Crippen LogP contribution in [0.3, 0.4) is 0 Å². The lowest BCUT2D eigenvalue weighted by Gasteiger charge is -1.31. The highest BCUT2D eigenvalue weighted by Crippen LogP contribution is 1.98. The smallest absolute Gasteiger partial charge is 0 e. The minimum atomic E-state index is 1.08. The molecule has 4 heteroatoms. The van der Waals surface area contributed by atoms with Gasteiger partial charge in [0.05, 0.1) is 0 Å². The largest absolute Gasteiger partial charge is 0.0908 e. The Balaban J connectivity index is 0. The zero-order valence-corrected chi connectivity index (χ0v) is 4.60. The molecule has 0 aromatic carbocycles. The number of rotatable bonds is 0. The van der Waals surface area contributed by atoms with Crippen molar-refractivity contribution in [2.75, 3.05) is 0 Å². The van der Waals surface area contributed by atoms with Gasteiger partial charge in [0.25, 0.3) is 0 Å². The van der Waals surface area contributed by atoms with Crippen LogP contribution in [-0.4, -0.2) is 6.30 Å². The monoisotopic (exact) mass is 110 g/mol. The molecule has 0 aliphatic rings. The van der Waals surface area contributed by atoms with Crippen molar-refractivity contribution in [2.45, 2.75) is 0 Å². The van der Waals surface area contributed by atoms with Crippen molar-refractivity contribution in [2.24, 2.45) is 0 Å². The van der Waals surface area contributed by atoms with Gasteiger partial charge in [-0.05, 0) is 0 Å². The molecular weight excluding hydrogens is 106 g/mol. The molecule has 0 radical (unpaired) electrons. The Morgan fingerprint density at radius 1 is 1.60 bits per heavy atom. The molecule has 1 atom stereocenters. The van der Waals surface area contributed by atoms with Crippen LogP contribution in [0, 0.1) is 9.93 Å². The summed E-state index contributed by atoms with van der Waals surface area (Å²) >= 11 is 0. The van der Waals surface area contributed by atoms with Gasteiger partial charge in [-0.25, -0.2) is 0 Å². The van der Waals surface area contributed by atoms with Crippen molar-refractivity contribution in [3.05, 3.63) is 9.93 Å². The molecule has 0 N–H and O–H groups in total. The topological polar surface area (TPSA) is 34.1 Å². The van der Waals surface area contributed by atoms with Gasteiger partial charge in [-0.3, -0.25) is 0 Å². The van der Waals surface area contributed by atoms with Gasteiger partial charge in [-0.2, -0.15) is 0 Å². The van der Waals surface area contributed by atoms with Crippen LogP contribution in [0.5, 0.6) is 0 Å². The molecule has 0 spiro atoms. The third-order valence-electron chi connectivity index (χ3n) is 0. The Kier molecular flexibility index (Phi) is 53.5. The molecule has 1 unspecified atom stereocenters. The van der Waals surface area contributed by atoms with E-state index in [1.54, 1.807) is 0 Å². The Morgan fingerprint density at radius 3 is 1.60 bits per heavy atom. The molecule has 0 rings (SSSR count). The first kappa shape index (κ1) is 8.96. The Labute approximate surface area is 34.1 Å². The second-order valence-corrected chi connectivity index (χ2v) is 1.64. The summed E-state index contributed by atoms with van der Waals surface area (Å²) in [6.07, 6.45) is 3.42. The predicted molar refractivity (Wildman–Crippen MR) is 30.5 cm³/mol. The van der Waals surface area contributed by atoms with E-state index in [-0.39, 0.29) is 0 Å². The maximum Gasteiger partial charge on any atom is 0 e. The van der Waals surface area contributed by atoms with E-state index in [9.17, 15) is 0 Å². The predicted octanol–water partition coefficient (Wildman–Crippen LogP) is 1.22. The van der Waals surface area contributed by atoms with E-state index in [1.807, 2.05) is 0 Å². The zero-order valence-electron chi connectivity index (χ0n) is 2.55. The zero-order chi connectivity index (χ0) is 4.71. The van der Waals surface area contributed by atoms with E-state index in [2.05, 4.69) is 15.2 Å². The Morgan fingerprint density at radius 2 is 1.60 bits per heavy atom. The average molecular weight is 110 g/mol. The summed E-state index contributed by atoms with van der Waals surface area (Å²) in [5, 5.41) is 0. The molecule has 2 nitrogen and oxygen atoms in total. The SMILES string of the molecule is C=PP.O=O. The lowest BCUT2D eigenvalue weighted by atomic mass is 12.0. The van der Waals surface area contributed by atoms with E-state index < -0.39 is 0 Å². The van der Waals surface area contributed by atoms with E-state index in [4.69, 9.17) is 9.93 Å². The molecule has 5 heavy (non-hydrogen) atoms. The highest BCUT2D eigenvalue weighted by Gasteiger charge is 1.14. The van der Waals surface area contributed by atoms with Crippen molar-refractivity contribution < 1.29 is 0 Å².